The Labute approximate surface area is 257 Å². The molecule has 2 N–H and O–H groups in total. The van der Waals surface area contributed by atoms with Crippen LogP contribution in [0, 0.1) is 19.3 Å². The topological polar surface area (TPSA) is 140 Å². The highest BCUT2D eigenvalue weighted by atomic mass is 32.2. The highest BCUT2D eigenvalue weighted by Crippen LogP contribution is 2.42. The summed E-state index contributed by atoms with van der Waals surface area (Å²) in [6, 6.07) is 13.0. The van der Waals surface area contributed by atoms with Crippen molar-refractivity contribution in [1.82, 2.24) is 20.2 Å². The monoisotopic (exact) mass is 619 g/mol. The molecule has 4 bridgehead atoms. The van der Waals surface area contributed by atoms with E-state index in [-0.39, 0.29) is 58.9 Å². The van der Waals surface area contributed by atoms with Gasteiger partial charge in [0.05, 0.1) is 22.2 Å². The molecule has 0 radical (unpaired) electrons. The summed E-state index contributed by atoms with van der Waals surface area (Å²) < 4.78 is 41.2. The van der Waals surface area contributed by atoms with Crippen molar-refractivity contribution in [3.63, 3.8) is 0 Å². The van der Waals surface area contributed by atoms with Crippen LogP contribution in [0.3, 0.4) is 0 Å². The number of rotatable bonds is 3. The third-order valence-electron chi connectivity index (χ3n) is 8.45. The number of cyclic esters (lactones) is 1. The van der Waals surface area contributed by atoms with Crippen LogP contribution in [0.2, 0.25) is 0 Å². The number of anilines is 1. The Kier molecular flexibility index (Phi) is 7.30. The van der Waals surface area contributed by atoms with Crippen LogP contribution in [0.5, 0.6) is 5.88 Å². The molecule has 2 aromatic carbocycles. The molecule has 11 nitrogen and oxygen atoms in total. The average Bonchev–Trinajstić information content (AvgIpc) is 3.32. The summed E-state index contributed by atoms with van der Waals surface area (Å²) in [5, 5.41) is 2.91. The maximum absolute atomic E-state index is 14.3. The van der Waals surface area contributed by atoms with Crippen molar-refractivity contribution in [1.29, 1.82) is 0 Å². The van der Waals surface area contributed by atoms with Gasteiger partial charge >= 0.3 is 6.09 Å². The SMILES string of the molecule is Cc1cccc(C)c1-c1cc2nc(n1)NS(=O)(=O)c1cccc(c1)C(=O)N(C1CC3(COC(=O)N3)C1)[C@H](CC(C)(C)C)CO2. The predicted octanol–water partition coefficient (Wildman–Crippen LogP) is 4.84. The summed E-state index contributed by atoms with van der Waals surface area (Å²) in [7, 11) is -4.16. The Hall–Kier alpha value is -4.19. The zero-order valence-corrected chi connectivity index (χ0v) is 26.3. The summed E-state index contributed by atoms with van der Waals surface area (Å²) in [5.41, 5.74) is 2.85. The van der Waals surface area contributed by atoms with Gasteiger partial charge in [-0.2, -0.15) is 4.98 Å². The fraction of sp³-hybridized carbons (Fsp3) is 0.438. The number of nitrogens with zero attached hydrogens (tertiary/aromatic N) is 3. The number of aryl methyl sites for hydroxylation is 2. The lowest BCUT2D eigenvalue weighted by Gasteiger charge is -2.51. The number of nitrogens with one attached hydrogen (secondary N) is 2. The second-order valence-corrected chi connectivity index (χ2v) is 15.0. The van der Waals surface area contributed by atoms with Gasteiger partial charge in [-0.15, -0.1) is 0 Å². The maximum Gasteiger partial charge on any atom is 0.407 e. The van der Waals surface area contributed by atoms with E-state index in [9.17, 15) is 18.0 Å². The molecule has 2 fully saturated rings. The van der Waals surface area contributed by atoms with Crippen LogP contribution < -0.4 is 14.8 Å². The number of amides is 2. The van der Waals surface area contributed by atoms with Crippen molar-refractivity contribution < 1.29 is 27.5 Å². The molecule has 3 heterocycles. The van der Waals surface area contributed by atoms with Crippen molar-refractivity contribution >= 4 is 28.0 Å². The molecule has 1 aliphatic carbocycles. The molecular weight excluding hydrogens is 582 g/mol. The second-order valence-electron chi connectivity index (χ2n) is 13.3. The highest BCUT2D eigenvalue weighted by Gasteiger charge is 2.54. The number of benzene rings is 2. The number of hydrogen-bond donors (Lipinski definition) is 2. The molecule has 1 aromatic heterocycles. The molecular formula is C32H37N5O6S. The van der Waals surface area contributed by atoms with E-state index in [1.54, 1.807) is 18.2 Å². The van der Waals surface area contributed by atoms with Crippen LogP contribution in [-0.4, -0.2) is 66.1 Å². The number of fused-ring (bicyclic) bond motifs is 4. The van der Waals surface area contributed by atoms with E-state index < -0.39 is 21.7 Å². The zero-order chi connectivity index (χ0) is 31.4. The van der Waals surface area contributed by atoms with Gasteiger partial charge in [-0.1, -0.05) is 45.0 Å². The minimum atomic E-state index is -4.16. The summed E-state index contributed by atoms with van der Waals surface area (Å²) in [6.45, 7) is 10.6. The van der Waals surface area contributed by atoms with E-state index >= 15 is 0 Å². The van der Waals surface area contributed by atoms with Gasteiger partial charge in [0.2, 0.25) is 11.8 Å². The fourth-order valence-electron chi connectivity index (χ4n) is 6.52. The highest BCUT2D eigenvalue weighted by molar-refractivity contribution is 7.92. The van der Waals surface area contributed by atoms with Crippen LogP contribution in [-0.2, 0) is 14.8 Å². The van der Waals surface area contributed by atoms with Gasteiger partial charge in [0, 0.05) is 23.2 Å². The first-order valence-electron chi connectivity index (χ1n) is 14.7. The molecule has 1 spiro atoms. The van der Waals surface area contributed by atoms with Gasteiger partial charge in [-0.05, 0) is 67.9 Å². The number of sulfonamides is 1. The van der Waals surface area contributed by atoms with Gasteiger partial charge in [-0.3, -0.25) is 4.79 Å². The molecule has 1 saturated carbocycles. The minimum absolute atomic E-state index is 0.0833. The lowest BCUT2D eigenvalue weighted by atomic mass is 9.71. The number of hydrogen-bond acceptors (Lipinski definition) is 8. The van der Waals surface area contributed by atoms with Crippen LogP contribution in [0.1, 0.15) is 61.5 Å². The average molecular weight is 620 g/mol. The Morgan fingerprint density at radius 1 is 1.00 bits per heavy atom. The molecule has 232 valence electrons. The quantitative estimate of drug-likeness (QED) is 0.425. The van der Waals surface area contributed by atoms with E-state index in [4.69, 9.17) is 9.47 Å². The molecule has 0 unspecified atom stereocenters. The molecule has 1 saturated heterocycles. The first kappa shape index (κ1) is 29.9. The summed E-state index contributed by atoms with van der Waals surface area (Å²) >= 11 is 0. The van der Waals surface area contributed by atoms with Crippen molar-refractivity contribution in [3.05, 3.63) is 65.2 Å². The minimum Gasteiger partial charge on any atom is -0.475 e. The first-order valence-corrected chi connectivity index (χ1v) is 16.2. The fourth-order valence-corrected chi connectivity index (χ4v) is 7.51. The van der Waals surface area contributed by atoms with Gasteiger partial charge in [0.1, 0.15) is 13.2 Å². The van der Waals surface area contributed by atoms with Gasteiger partial charge in [0.15, 0.2) is 0 Å². The van der Waals surface area contributed by atoms with E-state index in [1.165, 1.54) is 12.1 Å². The third kappa shape index (κ3) is 5.82. The van der Waals surface area contributed by atoms with Crippen LogP contribution >= 0.6 is 0 Å². The number of alkyl carbamates (subject to hydrolysis) is 1. The number of aromatic nitrogens is 2. The largest absolute Gasteiger partial charge is 0.475 e. The summed E-state index contributed by atoms with van der Waals surface area (Å²) in [5.74, 6) is -0.245. The molecule has 3 aliphatic rings. The molecule has 1 atom stereocenters. The standard InChI is InChI=1S/C32H37N5O6S/c1-19-8-6-9-20(2)27(19)25-13-26-34-29(33-25)36-44(40,41)24-11-7-10-21(12-24)28(38)37(23(17-42-26)14-31(3,4)5)22-15-32(16-22)18-43-30(39)35-32/h6-13,22-23H,14-18H2,1-5H3,(H,35,39)(H,33,34,36)/t22?,23-,32?/m1/s1. The predicted molar refractivity (Wildman–Crippen MR) is 164 cm³/mol. The molecule has 2 amide bonds. The Morgan fingerprint density at radius 3 is 2.36 bits per heavy atom. The van der Waals surface area contributed by atoms with E-state index in [0.717, 1.165) is 16.7 Å². The number of carbonyl (C=O) groups excluding carboxylic acids is 2. The van der Waals surface area contributed by atoms with E-state index in [0.29, 0.717) is 25.0 Å². The van der Waals surface area contributed by atoms with Gasteiger partial charge < -0.3 is 19.7 Å². The Morgan fingerprint density at radius 2 is 1.70 bits per heavy atom. The summed E-state index contributed by atoms with van der Waals surface area (Å²) in [6.07, 6.45) is 1.17. The molecule has 6 rings (SSSR count). The normalized spacial score (nSPS) is 24.5. The molecule has 3 aromatic rings. The molecule has 12 heteroatoms. The van der Waals surface area contributed by atoms with Crippen LogP contribution in [0.15, 0.2) is 53.4 Å². The van der Waals surface area contributed by atoms with Gasteiger partial charge in [0.25, 0.3) is 15.9 Å². The third-order valence-corrected chi connectivity index (χ3v) is 9.78. The van der Waals surface area contributed by atoms with Crippen molar-refractivity contribution in [3.8, 4) is 17.1 Å². The maximum atomic E-state index is 14.3. The Bertz CT molecular complexity index is 1730. The zero-order valence-electron chi connectivity index (χ0n) is 25.5. The van der Waals surface area contributed by atoms with E-state index in [1.807, 2.05) is 36.9 Å². The smallest absolute Gasteiger partial charge is 0.407 e. The van der Waals surface area contributed by atoms with Crippen molar-refractivity contribution in [2.45, 2.75) is 76.4 Å². The van der Waals surface area contributed by atoms with E-state index in [2.05, 4.69) is 40.8 Å². The lowest BCUT2D eigenvalue weighted by Crippen LogP contribution is -2.65. The second kappa shape index (κ2) is 10.8. The Balaban J connectivity index is 1.47. The molecule has 44 heavy (non-hydrogen) atoms. The first-order chi connectivity index (χ1) is 20.7. The molecule has 2 aliphatic heterocycles. The number of ether oxygens (including phenoxy) is 2. The van der Waals surface area contributed by atoms with Crippen molar-refractivity contribution in [2.24, 2.45) is 5.41 Å². The lowest BCUT2D eigenvalue weighted by molar-refractivity contribution is -0.00449. The van der Waals surface area contributed by atoms with Crippen molar-refractivity contribution in [2.75, 3.05) is 17.9 Å². The number of carbonyl (C=O) groups is 2. The van der Waals surface area contributed by atoms with Gasteiger partial charge in [-0.25, -0.2) is 22.9 Å². The summed E-state index contributed by atoms with van der Waals surface area (Å²) in [4.78, 5) is 37.0. The van der Waals surface area contributed by atoms with Crippen LogP contribution in [0.4, 0.5) is 10.7 Å². The van der Waals surface area contributed by atoms with Crippen LogP contribution in [0.25, 0.3) is 11.3 Å².